The minimum absolute atomic E-state index is 0.0609. The second-order valence-electron chi connectivity index (χ2n) is 5.96. The van der Waals surface area contributed by atoms with E-state index in [4.69, 9.17) is 14.2 Å². The van der Waals surface area contributed by atoms with Crippen LogP contribution in [0.25, 0.3) is 0 Å². The van der Waals surface area contributed by atoms with E-state index in [1.165, 1.54) is 25.3 Å². The van der Waals surface area contributed by atoms with Crippen LogP contribution in [0.2, 0.25) is 0 Å². The normalized spacial score (nSPS) is 15.0. The lowest BCUT2D eigenvalue weighted by Gasteiger charge is -2.24. The van der Waals surface area contributed by atoms with Crippen molar-refractivity contribution in [1.82, 2.24) is 0 Å². The average Bonchev–Trinajstić information content (AvgIpc) is 2.68. The summed E-state index contributed by atoms with van der Waals surface area (Å²) in [6, 6.07) is 1.32. The first-order chi connectivity index (χ1) is 13.2. The summed E-state index contributed by atoms with van der Waals surface area (Å²) >= 11 is 0. The summed E-state index contributed by atoms with van der Waals surface area (Å²) in [7, 11) is 1.44. The number of methoxy groups -OCH3 is 1. The van der Waals surface area contributed by atoms with Crippen LogP contribution in [0.1, 0.15) is 12.5 Å². The molecule has 0 amide bonds. The minimum Gasteiger partial charge on any atom is -0.497 e. The van der Waals surface area contributed by atoms with Gasteiger partial charge >= 0.3 is 0 Å². The molecule has 0 fully saturated rings. The first-order valence-corrected chi connectivity index (χ1v) is 8.40. The van der Waals surface area contributed by atoms with E-state index in [2.05, 4.69) is 26.3 Å². The maximum absolute atomic E-state index is 14.9. The van der Waals surface area contributed by atoms with Crippen molar-refractivity contribution < 1.29 is 27.4 Å². The monoisotopic (exact) mass is 390 g/mol. The van der Waals surface area contributed by atoms with Gasteiger partial charge in [0.25, 0.3) is 0 Å². The van der Waals surface area contributed by atoms with Gasteiger partial charge in [-0.3, -0.25) is 0 Å². The van der Waals surface area contributed by atoms with Gasteiger partial charge in [0.2, 0.25) is 11.6 Å². The molecule has 0 atom stereocenters. The number of benzene rings is 1. The fourth-order valence-corrected chi connectivity index (χ4v) is 2.46. The summed E-state index contributed by atoms with van der Waals surface area (Å²) in [5.74, 6) is -3.93. The van der Waals surface area contributed by atoms with Crippen molar-refractivity contribution in [2.75, 3.05) is 13.7 Å². The minimum atomic E-state index is -1.25. The van der Waals surface area contributed by atoms with E-state index >= 15 is 0 Å². The Hall–Kier alpha value is -3.15. The molecule has 0 aromatic heterocycles. The van der Waals surface area contributed by atoms with Crippen molar-refractivity contribution in [3.05, 3.63) is 95.8 Å². The summed E-state index contributed by atoms with van der Waals surface area (Å²) in [6.45, 7) is 16.5. The lowest BCUT2D eigenvalue weighted by molar-refractivity contribution is 0.302. The summed E-state index contributed by atoms with van der Waals surface area (Å²) in [5.41, 5.74) is 0.692. The van der Waals surface area contributed by atoms with E-state index in [0.717, 1.165) is 0 Å². The highest BCUT2D eigenvalue weighted by molar-refractivity contribution is 5.56. The zero-order chi connectivity index (χ0) is 21.0. The van der Waals surface area contributed by atoms with Crippen LogP contribution in [0, 0.1) is 11.6 Å². The number of halogens is 3. The number of ether oxygens (including phenoxy) is 3. The van der Waals surface area contributed by atoms with Crippen LogP contribution in [0.4, 0.5) is 13.2 Å². The van der Waals surface area contributed by atoms with Gasteiger partial charge in [0.15, 0.2) is 23.1 Å². The first kappa shape index (κ1) is 21.2. The fourth-order valence-electron chi connectivity index (χ4n) is 2.46. The van der Waals surface area contributed by atoms with Crippen molar-refractivity contribution >= 4 is 0 Å². The zero-order valence-electron chi connectivity index (χ0n) is 15.8. The predicted octanol–water partition coefficient (Wildman–Crippen LogP) is 5.86. The van der Waals surface area contributed by atoms with Crippen LogP contribution in [0.5, 0.6) is 11.5 Å². The van der Waals surface area contributed by atoms with Crippen molar-refractivity contribution in [2.45, 2.75) is 13.3 Å². The third-order valence-corrected chi connectivity index (χ3v) is 4.02. The molecule has 1 heterocycles. The zero-order valence-corrected chi connectivity index (χ0v) is 15.8. The van der Waals surface area contributed by atoms with Gasteiger partial charge in [0.1, 0.15) is 5.76 Å². The summed E-state index contributed by atoms with van der Waals surface area (Å²) in [5, 5.41) is 0. The highest BCUT2D eigenvalue weighted by Gasteiger charge is 2.29. The molecule has 0 spiro atoms. The van der Waals surface area contributed by atoms with Crippen molar-refractivity contribution in [1.29, 1.82) is 0 Å². The largest absolute Gasteiger partial charge is 0.497 e. The Morgan fingerprint density at radius 2 is 1.89 bits per heavy atom. The van der Waals surface area contributed by atoms with E-state index in [1.807, 2.05) is 0 Å². The Morgan fingerprint density at radius 1 is 1.21 bits per heavy atom. The van der Waals surface area contributed by atoms with Gasteiger partial charge in [-0.2, -0.15) is 8.78 Å². The molecule has 0 saturated heterocycles. The highest BCUT2D eigenvalue weighted by Crippen LogP contribution is 2.41. The number of allylic oxidation sites excluding steroid dienone is 6. The summed E-state index contributed by atoms with van der Waals surface area (Å²) < 4.78 is 58.8. The Kier molecular flexibility index (Phi) is 6.57. The second kappa shape index (κ2) is 8.69. The molecule has 1 aromatic rings. The maximum atomic E-state index is 14.9. The van der Waals surface area contributed by atoms with Crippen LogP contribution < -0.4 is 9.47 Å². The Bertz CT molecular complexity index is 923. The van der Waals surface area contributed by atoms with Gasteiger partial charge in [-0.1, -0.05) is 32.4 Å². The Labute approximate surface area is 162 Å². The smallest absolute Gasteiger partial charge is 0.205 e. The fraction of sp³-hybridized carbons (Fsp3) is 0.182. The van der Waals surface area contributed by atoms with Crippen LogP contribution >= 0.6 is 0 Å². The molecular formula is C22H21F3O3. The van der Waals surface area contributed by atoms with E-state index in [9.17, 15) is 13.2 Å². The van der Waals surface area contributed by atoms with Crippen LogP contribution in [-0.4, -0.2) is 13.7 Å². The molecule has 2 rings (SSSR count). The second-order valence-corrected chi connectivity index (χ2v) is 5.96. The lowest BCUT2D eigenvalue weighted by Crippen LogP contribution is -2.15. The third kappa shape index (κ3) is 4.22. The molecule has 0 N–H and O–H groups in total. The molecular weight excluding hydrogens is 369 g/mol. The van der Waals surface area contributed by atoms with Crippen molar-refractivity contribution in [3.63, 3.8) is 0 Å². The molecule has 0 aliphatic carbocycles. The predicted molar refractivity (Wildman–Crippen MR) is 103 cm³/mol. The van der Waals surface area contributed by atoms with E-state index in [0.29, 0.717) is 11.3 Å². The van der Waals surface area contributed by atoms with Gasteiger partial charge in [0, 0.05) is 17.6 Å². The standard InChI is InChI=1S/C22H21F3O3/c1-7-27-17-11-16-10-13(3)21(28-22(16)20(25)19(17)24)18(23)15(5)12(2)8-9-14(4)26-6/h8-9,11H,2-5,7,10H2,1,6H3/b9-8-,21-18-. The van der Waals surface area contributed by atoms with Gasteiger partial charge < -0.3 is 14.2 Å². The van der Waals surface area contributed by atoms with Crippen LogP contribution in [0.15, 0.2) is 78.6 Å². The number of rotatable bonds is 7. The lowest BCUT2D eigenvalue weighted by atomic mass is 9.97. The van der Waals surface area contributed by atoms with E-state index in [-0.39, 0.29) is 41.3 Å². The molecule has 1 aliphatic rings. The molecule has 0 saturated carbocycles. The Morgan fingerprint density at radius 3 is 2.50 bits per heavy atom. The average molecular weight is 390 g/mol. The number of fused-ring (bicyclic) bond motifs is 1. The van der Waals surface area contributed by atoms with Crippen LogP contribution in [-0.2, 0) is 11.2 Å². The summed E-state index contributed by atoms with van der Waals surface area (Å²) in [6.07, 6.45) is 3.01. The van der Waals surface area contributed by atoms with Crippen LogP contribution in [0.3, 0.4) is 0 Å². The molecule has 0 unspecified atom stereocenters. The molecule has 28 heavy (non-hydrogen) atoms. The van der Waals surface area contributed by atoms with Gasteiger partial charge in [0.05, 0.1) is 13.7 Å². The van der Waals surface area contributed by atoms with E-state index < -0.39 is 23.2 Å². The number of hydrogen-bond donors (Lipinski definition) is 0. The van der Waals surface area contributed by atoms with Gasteiger partial charge in [-0.05, 0) is 30.2 Å². The first-order valence-electron chi connectivity index (χ1n) is 8.40. The third-order valence-electron chi connectivity index (χ3n) is 4.02. The maximum Gasteiger partial charge on any atom is 0.205 e. The quantitative estimate of drug-likeness (QED) is 0.431. The molecule has 1 aromatic carbocycles. The summed E-state index contributed by atoms with van der Waals surface area (Å²) in [4.78, 5) is 0. The molecule has 0 bridgehead atoms. The van der Waals surface area contributed by atoms with Crippen molar-refractivity contribution in [2.24, 2.45) is 0 Å². The topological polar surface area (TPSA) is 27.7 Å². The molecule has 1 aliphatic heterocycles. The molecule has 3 nitrogen and oxygen atoms in total. The molecule has 6 heteroatoms. The van der Waals surface area contributed by atoms with E-state index in [1.54, 1.807) is 6.92 Å². The SMILES string of the molecule is C=C(/C=C\C(=C)C(=C)/C(F)=C1/Oc2c(cc(OCC)c(F)c2F)CC1=C)OC. The molecule has 0 radical (unpaired) electrons. The van der Waals surface area contributed by atoms with Gasteiger partial charge in [-0.25, -0.2) is 4.39 Å². The van der Waals surface area contributed by atoms with Gasteiger partial charge in [-0.15, -0.1) is 0 Å². The highest BCUT2D eigenvalue weighted by atomic mass is 19.2. The molecule has 148 valence electrons. The Balaban J connectivity index is 2.39. The number of hydrogen-bond acceptors (Lipinski definition) is 3. The van der Waals surface area contributed by atoms with Crippen molar-refractivity contribution in [3.8, 4) is 11.5 Å².